The van der Waals surface area contributed by atoms with Crippen LogP contribution in [0.25, 0.3) is 0 Å². The van der Waals surface area contributed by atoms with Gasteiger partial charge in [-0.05, 0) is 38.3 Å². The lowest BCUT2D eigenvalue weighted by molar-refractivity contribution is -0.141. The van der Waals surface area contributed by atoms with Gasteiger partial charge in [0.2, 0.25) is 0 Å². The van der Waals surface area contributed by atoms with Gasteiger partial charge in [-0.3, -0.25) is 14.5 Å². The first-order chi connectivity index (χ1) is 14.1. The molecule has 6 nitrogen and oxygen atoms in total. The highest BCUT2D eigenvalue weighted by Gasteiger charge is 2.39. The van der Waals surface area contributed by atoms with Crippen LogP contribution in [0.3, 0.4) is 0 Å². The standard InChI is InChI=1S/C21H22F3N3O3/c1-13-10-16(14(2)27(13)12-21(22,23)24)18(28)11-26-19(29)17(25-20(26)30)9-8-15-6-4-3-5-7-15/h3-7,10,17H,8-9,11-12H2,1-2H3,(H,25,30)/t17-/m1/s1. The molecule has 1 saturated heterocycles. The van der Waals surface area contributed by atoms with Crippen molar-refractivity contribution in [1.29, 1.82) is 0 Å². The lowest BCUT2D eigenvalue weighted by atomic mass is 10.1. The fourth-order valence-corrected chi connectivity index (χ4v) is 3.61. The first-order valence-corrected chi connectivity index (χ1v) is 9.49. The summed E-state index contributed by atoms with van der Waals surface area (Å²) in [4.78, 5) is 38.3. The van der Waals surface area contributed by atoms with Crippen LogP contribution in [0.1, 0.15) is 33.7 Å². The molecule has 160 valence electrons. The molecule has 1 N–H and O–H groups in total. The molecule has 3 amide bonds. The second-order valence-corrected chi connectivity index (χ2v) is 7.36. The molecule has 0 aliphatic carbocycles. The van der Waals surface area contributed by atoms with E-state index < -0.39 is 43.0 Å². The van der Waals surface area contributed by atoms with Crippen molar-refractivity contribution in [2.75, 3.05) is 6.54 Å². The Morgan fingerprint density at radius 3 is 2.43 bits per heavy atom. The highest BCUT2D eigenvalue weighted by atomic mass is 19.4. The number of hydrogen-bond acceptors (Lipinski definition) is 3. The van der Waals surface area contributed by atoms with Crippen LogP contribution in [-0.2, 0) is 17.8 Å². The minimum Gasteiger partial charge on any atom is -0.339 e. The molecule has 1 atom stereocenters. The molecule has 2 heterocycles. The van der Waals surface area contributed by atoms with Crippen LogP contribution < -0.4 is 5.32 Å². The predicted octanol–water partition coefficient (Wildman–Crippen LogP) is 3.40. The Labute approximate surface area is 171 Å². The number of amides is 3. The van der Waals surface area contributed by atoms with Crippen molar-refractivity contribution in [3.63, 3.8) is 0 Å². The van der Waals surface area contributed by atoms with Crippen LogP contribution in [0.2, 0.25) is 0 Å². The maximum Gasteiger partial charge on any atom is 0.406 e. The van der Waals surface area contributed by atoms with Gasteiger partial charge < -0.3 is 9.88 Å². The van der Waals surface area contributed by atoms with E-state index in [4.69, 9.17) is 0 Å². The lowest BCUT2D eigenvalue weighted by Crippen LogP contribution is -2.36. The van der Waals surface area contributed by atoms with Crippen molar-refractivity contribution >= 4 is 17.7 Å². The Hall–Kier alpha value is -3.10. The van der Waals surface area contributed by atoms with Crippen molar-refractivity contribution < 1.29 is 27.6 Å². The third-order valence-electron chi connectivity index (χ3n) is 5.18. The van der Waals surface area contributed by atoms with Crippen molar-refractivity contribution in [2.45, 2.75) is 45.5 Å². The summed E-state index contributed by atoms with van der Waals surface area (Å²) in [5, 5.41) is 2.57. The molecule has 0 radical (unpaired) electrons. The van der Waals surface area contributed by atoms with Gasteiger partial charge in [-0.25, -0.2) is 4.79 Å². The number of nitrogens with one attached hydrogen (secondary N) is 1. The SMILES string of the molecule is Cc1cc(C(=O)CN2C(=O)N[C@H](CCc3ccccc3)C2=O)c(C)n1CC(F)(F)F. The van der Waals surface area contributed by atoms with E-state index in [1.54, 1.807) is 0 Å². The Bertz CT molecular complexity index is 967. The number of alkyl halides is 3. The number of nitrogens with zero attached hydrogens (tertiary/aromatic N) is 2. The lowest BCUT2D eigenvalue weighted by Gasteiger charge is -2.14. The Morgan fingerprint density at radius 1 is 1.13 bits per heavy atom. The molecule has 9 heteroatoms. The number of rotatable bonds is 7. The summed E-state index contributed by atoms with van der Waals surface area (Å²) >= 11 is 0. The first-order valence-electron chi connectivity index (χ1n) is 9.49. The zero-order valence-corrected chi connectivity index (χ0v) is 16.6. The van der Waals surface area contributed by atoms with E-state index in [1.807, 2.05) is 30.3 Å². The van der Waals surface area contributed by atoms with E-state index in [2.05, 4.69) is 5.32 Å². The Balaban J connectivity index is 1.67. The zero-order valence-electron chi connectivity index (χ0n) is 16.6. The smallest absolute Gasteiger partial charge is 0.339 e. The molecule has 3 rings (SSSR count). The van der Waals surface area contributed by atoms with Crippen molar-refractivity contribution in [2.24, 2.45) is 0 Å². The van der Waals surface area contributed by atoms with Crippen LogP contribution in [0, 0.1) is 13.8 Å². The average molecular weight is 421 g/mol. The number of carbonyl (C=O) groups is 3. The summed E-state index contributed by atoms with van der Waals surface area (Å²) < 4.78 is 39.3. The van der Waals surface area contributed by atoms with Gasteiger partial charge >= 0.3 is 12.2 Å². The molecule has 2 aromatic rings. The zero-order chi connectivity index (χ0) is 22.1. The number of Topliss-reactive ketones (excluding diaryl/α,β-unsaturated/α-hetero) is 1. The van der Waals surface area contributed by atoms with Crippen LogP contribution in [0.5, 0.6) is 0 Å². The molecule has 0 saturated carbocycles. The second-order valence-electron chi connectivity index (χ2n) is 7.36. The predicted molar refractivity (Wildman–Crippen MR) is 103 cm³/mol. The summed E-state index contributed by atoms with van der Waals surface area (Å²) in [5.41, 5.74) is 1.53. The fraction of sp³-hybridized carbons (Fsp3) is 0.381. The Kier molecular flexibility index (Phi) is 6.00. The van der Waals surface area contributed by atoms with Gasteiger partial charge in [0.05, 0.1) is 6.54 Å². The largest absolute Gasteiger partial charge is 0.406 e. The van der Waals surface area contributed by atoms with Gasteiger partial charge in [-0.1, -0.05) is 30.3 Å². The Morgan fingerprint density at radius 2 is 1.80 bits per heavy atom. The van der Waals surface area contributed by atoms with E-state index in [9.17, 15) is 27.6 Å². The van der Waals surface area contributed by atoms with Crippen molar-refractivity contribution in [1.82, 2.24) is 14.8 Å². The van der Waals surface area contributed by atoms with Gasteiger partial charge in [0.1, 0.15) is 12.6 Å². The maximum atomic E-state index is 12.8. The highest BCUT2D eigenvalue weighted by Crippen LogP contribution is 2.24. The fourth-order valence-electron chi connectivity index (χ4n) is 3.61. The quantitative estimate of drug-likeness (QED) is 0.550. The van der Waals surface area contributed by atoms with E-state index >= 15 is 0 Å². The summed E-state index contributed by atoms with van der Waals surface area (Å²) in [7, 11) is 0. The normalized spacial score (nSPS) is 16.8. The second kappa shape index (κ2) is 8.33. The van der Waals surface area contributed by atoms with E-state index in [1.165, 1.54) is 19.9 Å². The molecule has 1 aromatic carbocycles. The van der Waals surface area contributed by atoms with Gasteiger partial charge in [-0.15, -0.1) is 0 Å². The van der Waals surface area contributed by atoms with Gasteiger partial charge in [0.15, 0.2) is 5.78 Å². The summed E-state index contributed by atoms with van der Waals surface area (Å²) in [6.45, 7) is 1.18. The van der Waals surface area contributed by atoms with Crippen molar-refractivity contribution in [3.05, 3.63) is 58.9 Å². The molecule has 1 aliphatic heterocycles. The molecular formula is C21H22F3N3O3. The first kappa shape index (κ1) is 21.6. The molecule has 1 fully saturated rings. The van der Waals surface area contributed by atoms with Crippen LogP contribution in [-0.4, -0.2) is 46.0 Å². The molecule has 1 aromatic heterocycles. The third kappa shape index (κ3) is 4.72. The number of hydrogen-bond donors (Lipinski definition) is 1. The number of imide groups is 1. The number of halogens is 3. The van der Waals surface area contributed by atoms with Crippen molar-refractivity contribution in [3.8, 4) is 0 Å². The molecular weight excluding hydrogens is 399 g/mol. The van der Waals surface area contributed by atoms with Gasteiger partial charge in [0, 0.05) is 17.0 Å². The van der Waals surface area contributed by atoms with E-state index in [-0.39, 0.29) is 17.0 Å². The topological polar surface area (TPSA) is 71.4 Å². The number of urea groups is 1. The van der Waals surface area contributed by atoms with E-state index in [0.29, 0.717) is 12.8 Å². The maximum absolute atomic E-state index is 12.8. The number of aryl methyl sites for hydroxylation is 2. The minimum absolute atomic E-state index is 0.0742. The van der Waals surface area contributed by atoms with Crippen LogP contribution in [0.15, 0.2) is 36.4 Å². The number of benzene rings is 1. The molecule has 0 bridgehead atoms. The van der Waals surface area contributed by atoms with Gasteiger partial charge in [-0.2, -0.15) is 13.2 Å². The molecule has 1 aliphatic rings. The van der Waals surface area contributed by atoms with Crippen LogP contribution in [0.4, 0.5) is 18.0 Å². The molecule has 0 unspecified atom stereocenters. The highest BCUT2D eigenvalue weighted by molar-refractivity contribution is 6.09. The average Bonchev–Trinajstić information content (AvgIpc) is 3.10. The van der Waals surface area contributed by atoms with E-state index in [0.717, 1.165) is 15.0 Å². The molecule has 0 spiro atoms. The summed E-state index contributed by atoms with van der Waals surface area (Å²) in [5.74, 6) is -1.09. The summed E-state index contributed by atoms with van der Waals surface area (Å²) in [6.07, 6.45) is -3.46. The number of ketones is 1. The number of aromatic nitrogens is 1. The van der Waals surface area contributed by atoms with Gasteiger partial charge in [0.25, 0.3) is 5.91 Å². The minimum atomic E-state index is -4.42. The van der Waals surface area contributed by atoms with Crippen LogP contribution >= 0.6 is 0 Å². The third-order valence-corrected chi connectivity index (χ3v) is 5.18. The number of carbonyl (C=O) groups excluding carboxylic acids is 3. The molecule has 30 heavy (non-hydrogen) atoms. The summed E-state index contributed by atoms with van der Waals surface area (Å²) in [6, 6.07) is 9.42. The monoisotopic (exact) mass is 421 g/mol.